The van der Waals surface area contributed by atoms with Crippen LogP contribution in [0.3, 0.4) is 0 Å². The predicted octanol–water partition coefficient (Wildman–Crippen LogP) is 4.36. The van der Waals surface area contributed by atoms with E-state index in [9.17, 15) is 9.59 Å². The lowest BCUT2D eigenvalue weighted by atomic mass is 10.1. The molecule has 3 aromatic rings. The van der Waals surface area contributed by atoms with Crippen molar-refractivity contribution in [3.8, 4) is 0 Å². The zero-order chi connectivity index (χ0) is 16.4. The van der Waals surface area contributed by atoms with Gasteiger partial charge in [-0.3, -0.25) is 4.79 Å². The zero-order valence-corrected chi connectivity index (χ0v) is 13.0. The van der Waals surface area contributed by atoms with Gasteiger partial charge in [-0.25, -0.2) is 4.79 Å². The highest BCUT2D eigenvalue weighted by Crippen LogP contribution is 2.21. The zero-order valence-electron chi connectivity index (χ0n) is 12.3. The second-order valence-electron chi connectivity index (χ2n) is 5.07. The van der Waals surface area contributed by atoms with Gasteiger partial charge in [0.1, 0.15) is 11.7 Å². The lowest BCUT2D eigenvalue weighted by Crippen LogP contribution is -2.12. The van der Waals surface area contributed by atoms with Crippen molar-refractivity contribution in [3.63, 3.8) is 0 Å². The molecule has 0 saturated carbocycles. The van der Waals surface area contributed by atoms with Crippen LogP contribution in [0.5, 0.6) is 0 Å². The maximum absolute atomic E-state index is 12.2. The van der Waals surface area contributed by atoms with Gasteiger partial charge >= 0.3 is 5.97 Å². The number of ether oxygens (including phenoxy) is 1. The van der Waals surface area contributed by atoms with Crippen LogP contribution in [0.1, 0.15) is 29.1 Å². The van der Waals surface area contributed by atoms with Crippen LogP contribution < -0.4 is 5.43 Å². The Bertz CT molecular complexity index is 915. The number of fused-ring (bicyclic) bond motifs is 1. The van der Waals surface area contributed by atoms with Crippen LogP contribution in [0.15, 0.2) is 63.8 Å². The van der Waals surface area contributed by atoms with Crippen LogP contribution >= 0.6 is 11.6 Å². The fourth-order valence-electron chi connectivity index (χ4n) is 2.24. The third kappa shape index (κ3) is 3.27. The Balaban J connectivity index is 1.89. The van der Waals surface area contributed by atoms with Crippen molar-refractivity contribution < 1.29 is 13.9 Å². The maximum Gasteiger partial charge on any atom is 0.374 e. The smallest absolute Gasteiger partial charge is 0.374 e. The van der Waals surface area contributed by atoms with E-state index < -0.39 is 12.1 Å². The minimum atomic E-state index is -0.685. The minimum absolute atomic E-state index is 0.132. The molecule has 0 saturated heterocycles. The summed E-state index contributed by atoms with van der Waals surface area (Å²) in [4.78, 5) is 24.3. The van der Waals surface area contributed by atoms with E-state index in [-0.39, 0.29) is 11.2 Å². The van der Waals surface area contributed by atoms with Gasteiger partial charge in [0.15, 0.2) is 5.43 Å². The number of halogens is 1. The molecule has 1 aromatic heterocycles. The molecular weight excluding hydrogens is 316 g/mol. The molecule has 0 amide bonds. The first kappa shape index (κ1) is 15.3. The average molecular weight is 329 g/mol. The van der Waals surface area contributed by atoms with Crippen LogP contribution in [0.2, 0.25) is 5.02 Å². The molecule has 1 atom stereocenters. The molecule has 23 heavy (non-hydrogen) atoms. The fourth-order valence-corrected chi connectivity index (χ4v) is 2.41. The number of hydrogen-bond donors (Lipinski definition) is 0. The monoisotopic (exact) mass is 328 g/mol. The number of hydrogen-bond acceptors (Lipinski definition) is 4. The highest BCUT2D eigenvalue weighted by atomic mass is 35.5. The molecule has 0 aliphatic rings. The molecule has 0 unspecified atom stereocenters. The normalized spacial score (nSPS) is 12.1. The number of benzene rings is 2. The summed E-state index contributed by atoms with van der Waals surface area (Å²) < 4.78 is 10.8. The third-order valence-electron chi connectivity index (χ3n) is 3.44. The van der Waals surface area contributed by atoms with Gasteiger partial charge in [-0.2, -0.15) is 0 Å². The first-order valence-electron chi connectivity index (χ1n) is 7.04. The van der Waals surface area contributed by atoms with E-state index in [0.29, 0.717) is 16.0 Å². The van der Waals surface area contributed by atoms with Crippen molar-refractivity contribution in [1.29, 1.82) is 0 Å². The lowest BCUT2D eigenvalue weighted by Gasteiger charge is -2.13. The van der Waals surface area contributed by atoms with Gasteiger partial charge in [0.25, 0.3) is 0 Å². The quantitative estimate of drug-likeness (QED) is 0.670. The molecule has 0 radical (unpaired) electrons. The lowest BCUT2D eigenvalue weighted by molar-refractivity contribution is 0.0302. The summed E-state index contributed by atoms with van der Waals surface area (Å²) in [5.74, 6) is -0.817. The molecule has 5 heteroatoms. The topological polar surface area (TPSA) is 56.5 Å². The number of rotatable bonds is 3. The van der Waals surface area contributed by atoms with Crippen molar-refractivity contribution in [3.05, 3.63) is 81.2 Å². The Morgan fingerprint density at radius 1 is 1.13 bits per heavy atom. The Morgan fingerprint density at radius 2 is 1.87 bits per heavy atom. The van der Waals surface area contributed by atoms with E-state index in [2.05, 4.69) is 0 Å². The summed E-state index contributed by atoms with van der Waals surface area (Å²) in [5.41, 5.74) is 0.810. The van der Waals surface area contributed by atoms with Gasteiger partial charge < -0.3 is 9.15 Å². The molecule has 0 fully saturated rings. The van der Waals surface area contributed by atoms with Gasteiger partial charge in [0.2, 0.25) is 5.76 Å². The van der Waals surface area contributed by atoms with E-state index in [1.807, 2.05) is 30.3 Å². The van der Waals surface area contributed by atoms with E-state index >= 15 is 0 Å². The average Bonchev–Trinajstić information content (AvgIpc) is 2.56. The molecule has 4 nitrogen and oxygen atoms in total. The summed E-state index contributed by atoms with van der Waals surface area (Å²) >= 11 is 5.86. The van der Waals surface area contributed by atoms with Crippen molar-refractivity contribution in [2.24, 2.45) is 0 Å². The summed E-state index contributed by atoms with van der Waals surface area (Å²) in [7, 11) is 0. The maximum atomic E-state index is 12.2. The molecule has 0 N–H and O–H groups in total. The van der Waals surface area contributed by atoms with Gasteiger partial charge in [0.05, 0.1) is 5.39 Å². The first-order chi connectivity index (χ1) is 11.0. The van der Waals surface area contributed by atoms with Crippen molar-refractivity contribution in [2.75, 3.05) is 0 Å². The van der Waals surface area contributed by atoms with Gasteiger partial charge in [0, 0.05) is 11.1 Å². The molecule has 116 valence electrons. The summed E-state index contributed by atoms with van der Waals surface area (Å²) in [6.45, 7) is 1.76. The second kappa shape index (κ2) is 6.26. The van der Waals surface area contributed by atoms with E-state index in [0.717, 1.165) is 11.6 Å². The van der Waals surface area contributed by atoms with E-state index in [4.69, 9.17) is 20.8 Å². The number of carbonyl (C=O) groups is 1. The molecule has 0 aliphatic heterocycles. The fraction of sp³-hybridized carbons (Fsp3) is 0.111. The molecule has 0 bridgehead atoms. The van der Waals surface area contributed by atoms with Crippen molar-refractivity contribution in [1.82, 2.24) is 0 Å². The Morgan fingerprint density at radius 3 is 2.61 bits per heavy atom. The van der Waals surface area contributed by atoms with Crippen LogP contribution in [0.4, 0.5) is 0 Å². The Labute approximate surface area is 137 Å². The SMILES string of the molecule is C[C@@H](OC(=O)c1cc(=O)c2cc(Cl)ccc2o1)c1ccccc1. The van der Waals surface area contributed by atoms with Crippen molar-refractivity contribution >= 4 is 28.5 Å². The number of carbonyl (C=O) groups excluding carboxylic acids is 1. The van der Waals surface area contributed by atoms with Gasteiger partial charge in [-0.05, 0) is 30.7 Å². The van der Waals surface area contributed by atoms with Crippen molar-refractivity contribution in [2.45, 2.75) is 13.0 Å². The van der Waals surface area contributed by atoms with Crippen LogP contribution in [0.25, 0.3) is 11.0 Å². The molecule has 0 aliphatic carbocycles. The number of esters is 1. The summed E-state index contributed by atoms with van der Waals surface area (Å²) in [6, 6.07) is 15.1. The van der Waals surface area contributed by atoms with E-state index in [1.165, 1.54) is 6.07 Å². The predicted molar refractivity (Wildman–Crippen MR) is 87.8 cm³/mol. The van der Waals surface area contributed by atoms with Crippen LogP contribution in [0, 0.1) is 0 Å². The molecule has 3 rings (SSSR count). The molecule has 1 heterocycles. The summed E-state index contributed by atoms with van der Waals surface area (Å²) in [5, 5.41) is 0.753. The van der Waals surface area contributed by atoms with E-state index in [1.54, 1.807) is 19.1 Å². The van der Waals surface area contributed by atoms with Gasteiger partial charge in [-0.15, -0.1) is 0 Å². The van der Waals surface area contributed by atoms with Crippen LogP contribution in [-0.2, 0) is 4.74 Å². The molecule has 0 spiro atoms. The first-order valence-corrected chi connectivity index (χ1v) is 7.42. The minimum Gasteiger partial charge on any atom is -0.452 e. The Hall–Kier alpha value is -2.59. The highest BCUT2D eigenvalue weighted by Gasteiger charge is 2.17. The van der Waals surface area contributed by atoms with Crippen LogP contribution in [-0.4, -0.2) is 5.97 Å². The second-order valence-corrected chi connectivity index (χ2v) is 5.51. The highest BCUT2D eigenvalue weighted by molar-refractivity contribution is 6.31. The Kier molecular flexibility index (Phi) is 4.17. The molecular formula is C18H13ClO4. The third-order valence-corrected chi connectivity index (χ3v) is 3.68. The summed E-state index contributed by atoms with van der Waals surface area (Å²) in [6.07, 6.45) is -0.449. The molecule has 2 aromatic carbocycles. The van der Waals surface area contributed by atoms with Gasteiger partial charge in [-0.1, -0.05) is 41.9 Å². The largest absolute Gasteiger partial charge is 0.452 e. The standard InChI is InChI=1S/C18H13ClO4/c1-11(12-5-3-2-4-6-12)22-18(21)17-10-15(20)14-9-13(19)7-8-16(14)23-17/h2-11H,1H3/t11-/m1/s1.